The molecule has 2 aromatic heterocycles. The minimum atomic E-state index is -0.386. The molecule has 3 aromatic carbocycles. The molecule has 0 aliphatic carbocycles. The van der Waals surface area contributed by atoms with Crippen LogP contribution in [0.1, 0.15) is 54.2 Å². The molecule has 9 heteroatoms. The van der Waals surface area contributed by atoms with Crippen molar-refractivity contribution in [2.45, 2.75) is 38.6 Å². The predicted molar refractivity (Wildman–Crippen MR) is 155 cm³/mol. The summed E-state index contributed by atoms with van der Waals surface area (Å²) in [7, 11) is 0. The number of nitrogens with zero attached hydrogens (tertiary/aromatic N) is 3. The van der Waals surface area contributed by atoms with E-state index in [0.29, 0.717) is 39.9 Å². The average Bonchev–Trinajstić information content (AvgIpc) is 3.56. The molecule has 0 atom stereocenters. The Balaban J connectivity index is 1.20. The lowest BCUT2D eigenvalue weighted by Crippen LogP contribution is -2.38. The van der Waals surface area contributed by atoms with Gasteiger partial charge in [0.1, 0.15) is 29.0 Å². The number of ketones is 1. The summed E-state index contributed by atoms with van der Waals surface area (Å²) >= 11 is 0. The van der Waals surface area contributed by atoms with E-state index in [1.165, 1.54) is 29.1 Å². The maximum Gasteiger partial charge on any atom is 0.214 e. The average molecular weight is 556 g/mol. The van der Waals surface area contributed by atoms with Crippen LogP contribution in [0.2, 0.25) is 0 Å². The summed E-state index contributed by atoms with van der Waals surface area (Å²) in [5, 5.41) is 4.96. The van der Waals surface area contributed by atoms with Crippen LogP contribution in [-0.2, 0) is 0 Å². The molecule has 6 rings (SSSR count). The molecule has 1 aliphatic heterocycles. The molecule has 0 unspecified atom stereocenters. The third-order valence-corrected chi connectivity index (χ3v) is 7.85. The van der Waals surface area contributed by atoms with Gasteiger partial charge in [-0.2, -0.15) is 5.10 Å². The molecule has 1 fully saturated rings. The van der Waals surface area contributed by atoms with Crippen molar-refractivity contribution in [1.29, 1.82) is 0 Å². The second-order valence-electron chi connectivity index (χ2n) is 10.8. The van der Waals surface area contributed by atoms with Crippen molar-refractivity contribution in [3.05, 3.63) is 101 Å². The third kappa shape index (κ3) is 5.32. The second-order valence-corrected chi connectivity index (χ2v) is 10.8. The number of halogens is 2. The lowest BCUT2D eigenvalue weighted by molar-refractivity contribution is 0.103. The highest BCUT2D eigenvalue weighted by atomic mass is 19.1. The van der Waals surface area contributed by atoms with Crippen LogP contribution in [0.5, 0.6) is 11.5 Å². The fourth-order valence-corrected chi connectivity index (χ4v) is 5.54. The maximum absolute atomic E-state index is 15.1. The first-order valence-corrected chi connectivity index (χ1v) is 13.7. The SMILES string of the molecule is CC(C)N1CCC(c2cc3[nH]c(C(=O)c4cnn(-c5ccc(Oc6cccc(F)c6)cc5)c4N)cc3cc2F)CC1. The number of rotatable bonds is 7. The molecule has 0 radical (unpaired) electrons. The molecule has 0 bridgehead atoms. The molecule has 1 saturated heterocycles. The molecule has 7 nitrogen and oxygen atoms in total. The van der Waals surface area contributed by atoms with Gasteiger partial charge >= 0.3 is 0 Å². The van der Waals surface area contributed by atoms with Crippen molar-refractivity contribution in [3.63, 3.8) is 0 Å². The first-order chi connectivity index (χ1) is 19.8. The highest BCUT2D eigenvalue weighted by molar-refractivity contribution is 6.12. The molecule has 3 N–H and O–H groups in total. The molecular formula is C32H31F2N5O2. The topological polar surface area (TPSA) is 89.2 Å². The summed E-state index contributed by atoms with van der Waals surface area (Å²) in [5.41, 5.74) is 8.94. The minimum Gasteiger partial charge on any atom is -0.457 e. The second kappa shape index (κ2) is 10.8. The number of ether oxygens (including phenoxy) is 1. The Morgan fingerprint density at radius 1 is 1.02 bits per heavy atom. The van der Waals surface area contributed by atoms with Gasteiger partial charge in [0, 0.05) is 23.0 Å². The summed E-state index contributed by atoms with van der Waals surface area (Å²) < 4.78 is 35.7. The summed E-state index contributed by atoms with van der Waals surface area (Å²) in [4.78, 5) is 19.0. The lowest BCUT2D eigenvalue weighted by Gasteiger charge is -2.34. The van der Waals surface area contributed by atoms with Crippen LogP contribution < -0.4 is 10.5 Å². The van der Waals surface area contributed by atoms with E-state index in [9.17, 15) is 9.18 Å². The molecule has 5 aromatic rings. The summed E-state index contributed by atoms with van der Waals surface area (Å²) in [6, 6.07) is 18.3. The number of hydrogen-bond acceptors (Lipinski definition) is 5. The Hall–Kier alpha value is -4.50. The number of carbonyl (C=O) groups is 1. The Morgan fingerprint density at radius 2 is 1.78 bits per heavy atom. The standard InChI is InChI=1S/C32H31F2N5O2/c1-19(2)38-12-10-20(11-13-38)26-17-29-21(14-28(26)34)15-30(37-29)31(40)27-18-36-39(32(27)35)23-6-8-24(9-7-23)41-25-5-3-4-22(33)16-25/h3-9,14-20,37H,10-13,35H2,1-2H3. The summed E-state index contributed by atoms with van der Waals surface area (Å²) in [6.45, 7) is 6.26. The molecular weight excluding hydrogens is 524 g/mol. The van der Waals surface area contributed by atoms with E-state index in [2.05, 4.69) is 28.8 Å². The number of piperidine rings is 1. The number of hydrogen-bond donors (Lipinski definition) is 2. The number of carbonyl (C=O) groups excluding carboxylic acids is 1. The number of nitrogen functional groups attached to an aromatic ring is 1. The largest absolute Gasteiger partial charge is 0.457 e. The summed E-state index contributed by atoms with van der Waals surface area (Å²) in [6.07, 6.45) is 3.23. The number of nitrogens with one attached hydrogen (secondary N) is 1. The number of likely N-dealkylation sites (tertiary alicyclic amines) is 1. The number of aromatic nitrogens is 3. The van der Waals surface area contributed by atoms with Crippen LogP contribution in [0.4, 0.5) is 14.6 Å². The monoisotopic (exact) mass is 555 g/mol. The van der Waals surface area contributed by atoms with E-state index in [4.69, 9.17) is 10.5 Å². The molecule has 0 amide bonds. The first-order valence-electron chi connectivity index (χ1n) is 13.7. The van der Waals surface area contributed by atoms with E-state index < -0.39 is 0 Å². The Bertz CT molecular complexity index is 1720. The highest BCUT2D eigenvalue weighted by Gasteiger charge is 2.25. The van der Waals surface area contributed by atoms with Gasteiger partial charge < -0.3 is 20.4 Å². The number of benzene rings is 3. The zero-order valence-corrected chi connectivity index (χ0v) is 22.9. The highest BCUT2D eigenvalue weighted by Crippen LogP contribution is 2.34. The van der Waals surface area contributed by atoms with E-state index in [-0.39, 0.29) is 34.7 Å². The molecule has 0 spiro atoms. The van der Waals surface area contributed by atoms with Crippen LogP contribution in [0, 0.1) is 11.6 Å². The number of anilines is 1. The van der Waals surface area contributed by atoms with Gasteiger partial charge in [0.15, 0.2) is 0 Å². The first kappa shape index (κ1) is 26.7. The molecule has 3 heterocycles. The van der Waals surface area contributed by atoms with E-state index in [1.54, 1.807) is 42.5 Å². The lowest BCUT2D eigenvalue weighted by atomic mass is 9.88. The fraction of sp³-hybridized carbons (Fsp3) is 0.250. The Morgan fingerprint density at radius 3 is 2.49 bits per heavy atom. The van der Waals surface area contributed by atoms with Crippen molar-refractivity contribution >= 4 is 22.5 Å². The third-order valence-electron chi connectivity index (χ3n) is 7.85. The zero-order valence-electron chi connectivity index (χ0n) is 22.9. The number of fused-ring (bicyclic) bond motifs is 1. The predicted octanol–water partition coefficient (Wildman–Crippen LogP) is 6.83. The molecule has 1 aliphatic rings. The minimum absolute atomic E-state index is 0.149. The molecule has 41 heavy (non-hydrogen) atoms. The molecule has 0 saturated carbocycles. The van der Waals surface area contributed by atoms with E-state index in [0.717, 1.165) is 31.4 Å². The zero-order chi connectivity index (χ0) is 28.7. The van der Waals surface area contributed by atoms with Gasteiger partial charge in [-0.25, -0.2) is 13.5 Å². The number of aromatic amines is 1. The Labute approximate surface area is 236 Å². The van der Waals surface area contributed by atoms with Crippen molar-refractivity contribution in [2.75, 3.05) is 18.8 Å². The van der Waals surface area contributed by atoms with Crippen molar-refractivity contribution in [1.82, 2.24) is 19.7 Å². The number of nitrogens with two attached hydrogens (primary N) is 1. The normalized spacial score (nSPS) is 14.7. The van der Waals surface area contributed by atoms with Gasteiger partial charge in [-0.1, -0.05) is 6.07 Å². The van der Waals surface area contributed by atoms with Gasteiger partial charge in [-0.05, 0) is 106 Å². The molecule has 210 valence electrons. The maximum atomic E-state index is 15.1. The van der Waals surface area contributed by atoms with Gasteiger partial charge in [-0.15, -0.1) is 0 Å². The summed E-state index contributed by atoms with van der Waals surface area (Å²) in [5.74, 6) is 0.262. The smallest absolute Gasteiger partial charge is 0.214 e. The fourth-order valence-electron chi connectivity index (χ4n) is 5.54. The quantitative estimate of drug-likeness (QED) is 0.215. The van der Waals surface area contributed by atoms with E-state index in [1.807, 2.05) is 6.07 Å². The Kier molecular flexibility index (Phi) is 7.05. The van der Waals surface area contributed by atoms with Crippen LogP contribution in [0.15, 0.2) is 72.9 Å². The van der Waals surface area contributed by atoms with Gasteiger partial charge in [-0.3, -0.25) is 4.79 Å². The number of H-pyrrole nitrogens is 1. The van der Waals surface area contributed by atoms with Crippen molar-refractivity contribution < 1.29 is 18.3 Å². The van der Waals surface area contributed by atoms with Crippen molar-refractivity contribution in [2.24, 2.45) is 0 Å². The van der Waals surface area contributed by atoms with Gasteiger partial charge in [0.05, 0.1) is 23.1 Å². The van der Waals surface area contributed by atoms with E-state index >= 15 is 4.39 Å². The van der Waals surface area contributed by atoms with Crippen LogP contribution in [-0.4, -0.2) is 44.6 Å². The van der Waals surface area contributed by atoms with Crippen LogP contribution in [0.25, 0.3) is 16.6 Å². The van der Waals surface area contributed by atoms with Gasteiger partial charge in [0.25, 0.3) is 0 Å². The van der Waals surface area contributed by atoms with Gasteiger partial charge in [0.2, 0.25) is 5.78 Å². The van der Waals surface area contributed by atoms with Crippen molar-refractivity contribution in [3.8, 4) is 17.2 Å². The van der Waals surface area contributed by atoms with Crippen LogP contribution >= 0.6 is 0 Å². The van der Waals surface area contributed by atoms with Crippen LogP contribution in [0.3, 0.4) is 0 Å².